The first-order valence-electron chi connectivity index (χ1n) is 22.6. The number of aliphatic hydroxyl groups excluding tert-OH is 1. The number of nitrogens with zero attached hydrogens (tertiary/aromatic N) is 1. The summed E-state index contributed by atoms with van der Waals surface area (Å²) < 4.78 is 0. The molecule has 1 aromatic heterocycles. The van der Waals surface area contributed by atoms with E-state index in [0.717, 1.165) is 19.3 Å². The minimum absolute atomic E-state index is 0.163. The molecule has 18 nitrogen and oxygen atoms in total. The summed E-state index contributed by atoms with van der Waals surface area (Å²) in [7, 11) is 0. The Hall–Kier alpha value is -4.71. The van der Waals surface area contributed by atoms with Crippen molar-refractivity contribution in [2.45, 2.75) is 192 Å². The van der Waals surface area contributed by atoms with E-state index in [0.29, 0.717) is 25.0 Å². The SMILES string of the molecule is CCCCCCCCCCCCCCCC(=O)N[C@@H](CCC(=O)N[C@@H](CCC(=O)NCCCC[C@H](CC(=O)[C@@H](N)Cc1cnc[nH]1)C(=O)C[C@H](C(N)=O)[C@@H](C)O)C(=O)O)C(=O)O. The molecule has 1 aromatic rings. The van der Waals surface area contributed by atoms with Crippen LogP contribution < -0.4 is 27.4 Å². The highest BCUT2D eigenvalue weighted by Gasteiger charge is 2.31. The number of carbonyl (C=O) groups excluding carboxylic acids is 6. The van der Waals surface area contributed by atoms with E-state index in [1.54, 1.807) is 0 Å². The minimum Gasteiger partial charge on any atom is -0.480 e. The maximum atomic E-state index is 13.2. The number of carbonyl (C=O) groups is 8. The normalized spacial score (nSPS) is 14.1. The fourth-order valence-corrected chi connectivity index (χ4v) is 7.14. The number of Topliss-reactive ketones (excluding diaryl/α,β-unsaturated/α-hetero) is 2. The molecule has 1 rings (SSSR count). The number of nitrogens with two attached hydrogens (primary N) is 2. The fourth-order valence-electron chi connectivity index (χ4n) is 7.14. The summed E-state index contributed by atoms with van der Waals surface area (Å²) in [4.78, 5) is 106. The van der Waals surface area contributed by atoms with Crippen LogP contribution in [0.25, 0.3) is 0 Å². The molecule has 6 atom stereocenters. The number of unbranched alkanes of at least 4 members (excludes halogenated alkanes) is 13. The van der Waals surface area contributed by atoms with Crippen LogP contribution in [0.4, 0.5) is 0 Å². The fraction of sp³-hybridized carbons (Fsp3) is 0.750. The van der Waals surface area contributed by atoms with Crippen LogP contribution in [0.1, 0.15) is 167 Å². The Morgan fingerprint density at radius 1 is 0.677 bits per heavy atom. The van der Waals surface area contributed by atoms with Crippen LogP contribution in [-0.2, 0) is 44.8 Å². The van der Waals surface area contributed by atoms with Gasteiger partial charge in [-0.15, -0.1) is 0 Å². The molecule has 4 amide bonds. The number of carboxylic acid groups (broad SMARTS) is 2. The van der Waals surface area contributed by atoms with Crippen LogP contribution >= 0.6 is 0 Å². The average molecular weight is 878 g/mol. The van der Waals surface area contributed by atoms with Crippen LogP contribution in [0.2, 0.25) is 0 Å². The minimum atomic E-state index is -1.42. The van der Waals surface area contributed by atoms with Gasteiger partial charge < -0.3 is 47.7 Å². The Labute approximate surface area is 366 Å². The summed E-state index contributed by atoms with van der Waals surface area (Å²) in [5.74, 6) is -7.93. The zero-order valence-corrected chi connectivity index (χ0v) is 37.0. The molecule has 0 aliphatic carbocycles. The van der Waals surface area contributed by atoms with Crippen molar-refractivity contribution in [2.24, 2.45) is 23.3 Å². The van der Waals surface area contributed by atoms with Crippen LogP contribution in [-0.4, -0.2) is 103 Å². The Morgan fingerprint density at radius 2 is 1.19 bits per heavy atom. The zero-order valence-electron chi connectivity index (χ0n) is 37.0. The number of hydrogen-bond donors (Lipinski definition) is 9. The number of aromatic amines is 1. The van der Waals surface area contributed by atoms with Gasteiger partial charge in [-0.05, 0) is 39.0 Å². The van der Waals surface area contributed by atoms with E-state index in [1.165, 1.54) is 77.2 Å². The molecule has 0 aliphatic rings. The van der Waals surface area contributed by atoms with Crippen molar-refractivity contribution >= 4 is 47.1 Å². The van der Waals surface area contributed by atoms with Gasteiger partial charge in [0.15, 0.2) is 5.78 Å². The quantitative estimate of drug-likeness (QED) is 0.0426. The Bertz CT molecular complexity index is 1510. The molecule has 62 heavy (non-hydrogen) atoms. The van der Waals surface area contributed by atoms with E-state index in [2.05, 4.69) is 32.8 Å². The van der Waals surface area contributed by atoms with Gasteiger partial charge in [0.1, 0.15) is 17.9 Å². The molecule has 0 aliphatic heterocycles. The first kappa shape index (κ1) is 55.3. The summed E-state index contributed by atoms with van der Waals surface area (Å²) >= 11 is 0. The second-order valence-electron chi connectivity index (χ2n) is 16.5. The number of aliphatic hydroxyl groups is 1. The Balaban J connectivity index is 2.46. The van der Waals surface area contributed by atoms with Crippen molar-refractivity contribution in [3.05, 3.63) is 18.2 Å². The molecule has 0 fully saturated rings. The first-order valence-corrected chi connectivity index (χ1v) is 22.6. The number of amides is 4. The van der Waals surface area contributed by atoms with Crippen molar-refractivity contribution in [3.63, 3.8) is 0 Å². The number of rotatable bonds is 39. The molecule has 1 heterocycles. The van der Waals surface area contributed by atoms with Gasteiger partial charge in [-0.1, -0.05) is 90.4 Å². The van der Waals surface area contributed by atoms with E-state index >= 15 is 0 Å². The maximum absolute atomic E-state index is 13.2. The number of hydrogen-bond acceptors (Lipinski definition) is 11. The largest absolute Gasteiger partial charge is 0.480 e. The van der Waals surface area contributed by atoms with Gasteiger partial charge in [-0.3, -0.25) is 28.8 Å². The van der Waals surface area contributed by atoms with Crippen molar-refractivity contribution in [1.82, 2.24) is 25.9 Å². The first-order chi connectivity index (χ1) is 29.5. The van der Waals surface area contributed by atoms with Gasteiger partial charge in [-0.25, -0.2) is 14.6 Å². The second-order valence-corrected chi connectivity index (χ2v) is 16.5. The number of ketones is 2. The average Bonchev–Trinajstić information content (AvgIpc) is 3.73. The summed E-state index contributed by atoms with van der Waals surface area (Å²) in [6.07, 6.45) is 16.5. The lowest BCUT2D eigenvalue weighted by Crippen LogP contribution is -2.44. The van der Waals surface area contributed by atoms with Gasteiger partial charge in [0.2, 0.25) is 23.6 Å². The molecule has 0 radical (unpaired) electrons. The molecular formula is C44H75N7O11. The summed E-state index contributed by atoms with van der Waals surface area (Å²) in [6.45, 7) is 3.73. The van der Waals surface area contributed by atoms with Gasteiger partial charge in [0.05, 0.1) is 24.4 Å². The van der Waals surface area contributed by atoms with Crippen molar-refractivity contribution < 1.29 is 53.7 Å². The number of nitrogens with one attached hydrogen (secondary N) is 4. The lowest BCUT2D eigenvalue weighted by atomic mass is 9.84. The van der Waals surface area contributed by atoms with E-state index in [1.807, 2.05) is 0 Å². The standard InChI is InChI=1S/C44H75N7O11/c1-3-4-5-6-7-8-9-10-11-12-13-14-15-19-40(56)50-36(44(61)62)21-23-41(57)51-35(43(59)60)20-22-39(55)48-24-17-16-18-31(37(53)27-33(30(2)52)42(46)58)25-38(54)34(45)26-32-28-47-29-49-32/h28-31,33-36,52H,3-27,45H2,1-2H3,(H2,46,58)(H,47,49)(H,48,55)(H,50,56)(H,51,57)(H,59,60)(H,61,62)/t30-,31-,33+,34+,35+,36+/m1/s1. The van der Waals surface area contributed by atoms with Crippen molar-refractivity contribution in [1.29, 1.82) is 0 Å². The molecule has 0 aromatic carbocycles. The molecule has 0 bridgehead atoms. The molecule has 11 N–H and O–H groups in total. The van der Waals surface area contributed by atoms with E-state index in [4.69, 9.17) is 11.5 Å². The molecule has 352 valence electrons. The molecule has 18 heteroatoms. The summed E-state index contributed by atoms with van der Waals surface area (Å²) in [5.41, 5.74) is 12.1. The van der Waals surface area contributed by atoms with E-state index in [9.17, 15) is 53.7 Å². The number of aliphatic carboxylic acids is 2. The second kappa shape index (κ2) is 32.9. The Morgan fingerprint density at radius 3 is 1.68 bits per heavy atom. The van der Waals surface area contributed by atoms with E-state index in [-0.39, 0.29) is 70.1 Å². The highest BCUT2D eigenvalue weighted by Crippen LogP contribution is 2.22. The number of aromatic nitrogens is 2. The van der Waals surface area contributed by atoms with Crippen LogP contribution in [0, 0.1) is 11.8 Å². The molecular weight excluding hydrogens is 803 g/mol. The highest BCUT2D eigenvalue weighted by atomic mass is 16.4. The third kappa shape index (κ3) is 25.9. The van der Waals surface area contributed by atoms with Gasteiger partial charge >= 0.3 is 11.9 Å². The molecule has 0 unspecified atom stereocenters. The molecule has 0 spiro atoms. The Kier molecular flexibility index (Phi) is 29.4. The number of imidazole rings is 1. The number of carboxylic acids is 2. The monoisotopic (exact) mass is 878 g/mol. The number of primary amides is 1. The molecule has 0 saturated heterocycles. The lowest BCUT2D eigenvalue weighted by molar-refractivity contribution is -0.143. The van der Waals surface area contributed by atoms with Gasteiger partial charge in [-0.2, -0.15) is 0 Å². The van der Waals surface area contributed by atoms with E-state index < -0.39 is 77.4 Å². The predicted molar refractivity (Wildman–Crippen MR) is 232 cm³/mol. The van der Waals surface area contributed by atoms with Gasteiger partial charge in [0, 0.05) is 62.9 Å². The van der Waals surface area contributed by atoms with Gasteiger partial charge in [0.25, 0.3) is 0 Å². The topological polar surface area (TPSA) is 314 Å². The van der Waals surface area contributed by atoms with Crippen LogP contribution in [0.5, 0.6) is 0 Å². The highest BCUT2D eigenvalue weighted by molar-refractivity contribution is 5.92. The maximum Gasteiger partial charge on any atom is 0.326 e. The number of H-pyrrole nitrogens is 1. The lowest BCUT2D eigenvalue weighted by Gasteiger charge is -2.21. The summed E-state index contributed by atoms with van der Waals surface area (Å²) in [5, 5.41) is 36.7. The van der Waals surface area contributed by atoms with Crippen molar-refractivity contribution in [2.75, 3.05) is 6.54 Å². The predicted octanol–water partition coefficient (Wildman–Crippen LogP) is 3.76. The van der Waals surface area contributed by atoms with Crippen molar-refractivity contribution in [3.8, 4) is 0 Å². The third-order valence-corrected chi connectivity index (χ3v) is 11.1. The molecule has 0 saturated carbocycles. The zero-order chi connectivity index (χ0) is 46.3. The van der Waals surface area contributed by atoms with Crippen LogP contribution in [0.15, 0.2) is 12.5 Å². The summed E-state index contributed by atoms with van der Waals surface area (Å²) in [6, 6.07) is -3.65. The van der Waals surface area contributed by atoms with Crippen LogP contribution in [0.3, 0.4) is 0 Å². The third-order valence-electron chi connectivity index (χ3n) is 11.1. The smallest absolute Gasteiger partial charge is 0.326 e.